The number of amides is 1. The summed E-state index contributed by atoms with van der Waals surface area (Å²) >= 11 is 1.42. The molecule has 1 atom stereocenters. The molecule has 0 unspecified atom stereocenters. The van der Waals surface area contributed by atoms with Gasteiger partial charge in [-0.3, -0.25) is 4.79 Å². The smallest absolute Gasteiger partial charge is 0.265 e. The van der Waals surface area contributed by atoms with Crippen molar-refractivity contribution in [1.82, 2.24) is 9.88 Å². The third-order valence-electron chi connectivity index (χ3n) is 3.18. The number of carbonyl (C=O) groups excluding carboxylic acids is 1. The van der Waals surface area contributed by atoms with Crippen LogP contribution in [-0.4, -0.2) is 49.6 Å². The number of aromatic nitrogens is 1. The molecule has 0 saturated carbocycles. The first-order valence-corrected chi connectivity index (χ1v) is 6.90. The van der Waals surface area contributed by atoms with E-state index in [1.54, 1.807) is 7.11 Å². The van der Waals surface area contributed by atoms with Gasteiger partial charge in [0.05, 0.1) is 12.3 Å². The van der Waals surface area contributed by atoms with E-state index in [9.17, 15) is 4.79 Å². The molecule has 1 saturated heterocycles. The van der Waals surface area contributed by atoms with Gasteiger partial charge in [-0.1, -0.05) is 11.3 Å². The molecule has 0 bridgehead atoms. The minimum absolute atomic E-state index is 0.102. The van der Waals surface area contributed by atoms with Crippen LogP contribution in [0.5, 0.6) is 0 Å². The minimum Gasteiger partial charge on any atom is -0.384 e. The Labute approximate surface area is 111 Å². The molecule has 1 aromatic heterocycles. The Morgan fingerprint density at radius 3 is 3.06 bits per heavy atom. The molecule has 1 aromatic rings. The van der Waals surface area contributed by atoms with Crippen molar-refractivity contribution in [3.8, 4) is 0 Å². The Morgan fingerprint density at radius 2 is 2.44 bits per heavy atom. The number of anilines is 1. The molecule has 6 heteroatoms. The molecule has 1 aliphatic heterocycles. The van der Waals surface area contributed by atoms with Gasteiger partial charge in [0.2, 0.25) is 0 Å². The molecule has 1 amide bonds. The number of rotatable bonds is 4. The Kier molecular flexibility index (Phi) is 4.19. The van der Waals surface area contributed by atoms with Crippen molar-refractivity contribution < 1.29 is 9.53 Å². The van der Waals surface area contributed by atoms with Gasteiger partial charge >= 0.3 is 0 Å². The van der Waals surface area contributed by atoms with Crippen LogP contribution in [0.2, 0.25) is 0 Å². The van der Waals surface area contributed by atoms with Crippen molar-refractivity contribution in [2.45, 2.75) is 13.3 Å². The molecule has 18 heavy (non-hydrogen) atoms. The monoisotopic (exact) mass is 269 g/mol. The predicted octanol–water partition coefficient (Wildman–Crippen LogP) is 1.60. The second-order valence-corrected chi connectivity index (χ2v) is 5.54. The molecule has 0 aromatic carbocycles. The zero-order valence-electron chi connectivity index (χ0n) is 11.0. The highest BCUT2D eigenvalue weighted by atomic mass is 32.1. The summed E-state index contributed by atoms with van der Waals surface area (Å²) < 4.78 is 5.15. The quantitative estimate of drug-likeness (QED) is 0.902. The Balaban J connectivity index is 2.05. The lowest BCUT2D eigenvalue weighted by molar-refractivity contribution is 0.0779. The van der Waals surface area contributed by atoms with Crippen molar-refractivity contribution >= 4 is 22.4 Å². The second-order valence-electron chi connectivity index (χ2n) is 4.54. The number of aryl methyl sites for hydroxylation is 1. The lowest BCUT2D eigenvalue weighted by Gasteiger charge is -2.15. The number of carbonyl (C=O) groups is 1. The van der Waals surface area contributed by atoms with Crippen LogP contribution in [0.15, 0.2) is 0 Å². The van der Waals surface area contributed by atoms with Gasteiger partial charge < -0.3 is 15.0 Å². The van der Waals surface area contributed by atoms with Crippen molar-refractivity contribution in [2.75, 3.05) is 39.2 Å². The second kappa shape index (κ2) is 5.67. The molecule has 0 aliphatic carbocycles. The summed E-state index contributed by atoms with van der Waals surface area (Å²) in [6, 6.07) is 0. The van der Waals surface area contributed by atoms with Crippen molar-refractivity contribution in [3.05, 3.63) is 10.6 Å². The van der Waals surface area contributed by atoms with Gasteiger partial charge in [0.25, 0.3) is 5.91 Å². The van der Waals surface area contributed by atoms with Gasteiger partial charge in [-0.25, -0.2) is 4.98 Å². The third kappa shape index (κ3) is 2.64. The molecule has 1 N–H and O–H groups in total. The van der Waals surface area contributed by atoms with Crippen LogP contribution < -0.4 is 5.32 Å². The van der Waals surface area contributed by atoms with E-state index in [0.29, 0.717) is 5.92 Å². The summed E-state index contributed by atoms with van der Waals surface area (Å²) in [6.07, 6.45) is 1.02. The van der Waals surface area contributed by atoms with Crippen LogP contribution in [0.3, 0.4) is 0 Å². The van der Waals surface area contributed by atoms with E-state index in [4.69, 9.17) is 4.74 Å². The summed E-state index contributed by atoms with van der Waals surface area (Å²) in [4.78, 5) is 19.3. The summed E-state index contributed by atoms with van der Waals surface area (Å²) in [7, 11) is 3.52. The normalized spacial score (nSPS) is 19.3. The van der Waals surface area contributed by atoms with Gasteiger partial charge in [-0.05, 0) is 13.3 Å². The van der Waals surface area contributed by atoms with Crippen molar-refractivity contribution in [3.63, 3.8) is 0 Å². The number of ether oxygens (including phenoxy) is 1. The number of nitrogens with zero attached hydrogens (tertiary/aromatic N) is 2. The zero-order valence-corrected chi connectivity index (χ0v) is 11.8. The highest BCUT2D eigenvalue weighted by molar-refractivity contribution is 7.17. The number of hydrogen-bond donors (Lipinski definition) is 1. The number of thiazole rings is 1. The molecule has 0 radical (unpaired) electrons. The topological polar surface area (TPSA) is 54.5 Å². The zero-order chi connectivity index (χ0) is 13.1. The van der Waals surface area contributed by atoms with Gasteiger partial charge in [-0.15, -0.1) is 0 Å². The summed E-state index contributed by atoms with van der Waals surface area (Å²) in [6.45, 7) is 4.22. The van der Waals surface area contributed by atoms with E-state index in [-0.39, 0.29) is 5.91 Å². The van der Waals surface area contributed by atoms with Gasteiger partial charge in [0.15, 0.2) is 5.13 Å². The minimum atomic E-state index is 0.102. The Hall–Kier alpha value is -1.14. The molecular formula is C12H19N3O2S. The third-order valence-corrected chi connectivity index (χ3v) is 4.34. The molecule has 0 spiro atoms. The first-order valence-electron chi connectivity index (χ1n) is 6.09. The summed E-state index contributed by atoms with van der Waals surface area (Å²) in [5.41, 5.74) is 0.810. The molecule has 1 fully saturated rings. The maximum Gasteiger partial charge on any atom is 0.265 e. The molecule has 2 rings (SSSR count). The Morgan fingerprint density at radius 1 is 1.67 bits per heavy atom. The maximum atomic E-state index is 12.4. The highest BCUT2D eigenvalue weighted by Gasteiger charge is 2.29. The van der Waals surface area contributed by atoms with E-state index in [0.717, 1.165) is 41.8 Å². The molecule has 2 heterocycles. The van der Waals surface area contributed by atoms with Crippen LogP contribution in [0.1, 0.15) is 21.8 Å². The highest BCUT2D eigenvalue weighted by Crippen LogP contribution is 2.26. The largest absolute Gasteiger partial charge is 0.384 e. The van der Waals surface area contributed by atoms with Crippen LogP contribution >= 0.6 is 11.3 Å². The van der Waals surface area contributed by atoms with Crippen molar-refractivity contribution in [1.29, 1.82) is 0 Å². The van der Waals surface area contributed by atoms with E-state index in [1.807, 2.05) is 18.9 Å². The van der Waals surface area contributed by atoms with Crippen LogP contribution in [-0.2, 0) is 4.74 Å². The lowest BCUT2D eigenvalue weighted by atomic mass is 10.1. The average molecular weight is 269 g/mol. The van der Waals surface area contributed by atoms with E-state index in [2.05, 4.69) is 10.3 Å². The van der Waals surface area contributed by atoms with Gasteiger partial charge in [-0.2, -0.15) is 0 Å². The van der Waals surface area contributed by atoms with Crippen LogP contribution in [0.4, 0.5) is 5.13 Å². The fraction of sp³-hybridized carbons (Fsp3) is 0.667. The van der Waals surface area contributed by atoms with E-state index in [1.165, 1.54) is 11.3 Å². The first-order chi connectivity index (χ1) is 8.65. The van der Waals surface area contributed by atoms with Gasteiger partial charge in [0.1, 0.15) is 4.88 Å². The fourth-order valence-corrected chi connectivity index (χ4v) is 3.12. The SMILES string of the molecule is CNc1nc(C)c(C(=O)N2CC[C@@H](COC)C2)s1. The van der Waals surface area contributed by atoms with Crippen LogP contribution in [0.25, 0.3) is 0 Å². The molecule has 100 valence electrons. The van der Waals surface area contributed by atoms with Crippen molar-refractivity contribution in [2.24, 2.45) is 5.92 Å². The maximum absolute atomic E-state index is 12.4. The van der Waals surface area contributed by atoms with Crippen LogP contribution in [0, 0.1) is 12.8 Å². The first kappa shape index (κ1) is 13.3. The average Bonchev–Trinajstić information content (AvgIpc) is 2.95. The number of likely N-dealkylation sites (tertiary alicyclic amines) is 1. The Bertz CT molecular complexity index is 433. The summed E-state index contributed by atoms with van der Waals surface area (Å²) in [5, 5.41) is 3.77. The number of nitrogens with one attached hydrogen (secondary N) is 1. The fourth-order valence-electron chi connectivity index (χ4n) is 2.23. The molecular weight excluding hydrogens is 250 g/mol. The molecule has 1 aliphatic rings. The summed E-state index contributed by atoms with van der Waals surface area (Å²) in [5.74, 6) is 0.570. The van der Waals surface area contributed by atoms with E-state index < -0.39 is 0 Å². The lowest BCUT2D eigenvalue weighted by Crippen LogP contribution is -2.29. The standard InChI is InChI=1S/C12H19N3O2S/c1-8-10(18-12(13-2)14-8)11(16)15-5-4-9(6-15)7-17-3/h9H,4-7H2,1-3H3,(H,13,14)/t9-/m1/s1. The molecule has 5 nitrogen and oxygen atoms in total. The van der Waals surface area contributed by atoms with E-state index >= 15 is 0 Å². The number of hydrogen-bond acceptors (Lipinski definition) is 5. The van der Waals surface area contributed by atoms with Gasteiger partial charge in [0, 0.05) is 33.2 Å². The predicted molar refractivity (Wildman–Crippen MR) is 72.3 cm³/mol. The number of methoxy groups -OCH3 is 1.